The maximum absolute atomic E-state index is 12.2. The minimum Gasteiger partial charge on any atom is -0.370 e. The van der Waals surface area contributed by atoms with Gasteiger partial charge >= 0.3 is 0 Å². The van der Waals surface area contributed by atoms with Gasteiger partial charge in [0.1, 0.15) is 5.82 Å². The van der Waals surface area contributed by atoms with E-state index in [9.17, 15) is 4.79 Å². The number of pyridine rings is 1. The molecule has 4 heteroatoms. The summed E-state index contributed by atoms with van der Waals surface area (Å²) in [7, 11) is 0. The second kappa shape index (κ2) is 7.27. The van der Waals surface area contributed by atoms with Gasteiger partial charge in [0, 0.05) is 24.3 Å². The molecule has 110 valence electrons. The van der Waals surface area contributed by atoms with Gasteiger partial charge in [-0.1, -0.05) is 19.8 Å². The van der Waals surface area contributed by atoms with Crippen LogP contribution in [0.2, 0.25) is 0 Å². The SMILES string of the molecule is CCCc1cc(C(=O)NCC2CCC2)cc(NCC)n1. The maximum atomic E-state index is 12.2. The summed E-state index contributed by atoms with van der Waals surface area (Å²) in [4.78, 5) is 16.8. The Labute approximate surface area is 121 Å². The van der Waals surface area contributed by atoms with Crippen LogP contribution in [0.5, 0.6) is 0 Å². The predicted molar refractivity (Wildman–Crippen MR) is 82.1 cm³/mol. The molecule has 1 aliphatic rings. The highest BCUT2D eigenvalue weighted by Gasteiger charge is 2.18. The Morgan fingerprint density at radius 3 is 2.75 bits per heavy atom. The lowest BCUT2D eigenvalue weighted by molar-refractivity contribution is 0.0939. The molecule has 1 fully saturated rings. The molecule has 1 saturated carbocycles. The van der Waals surface area contributed by atoms with Crippen molar-refractivity contribution in [2.45, 2.75) is 46.0 Å². The smallest absolute Gasteiger partial charge is 0.251 e. The first-order valence-electron chi connectivity index (χ1n) is 7.76. The molecule has 0 aromatic carbocycles. The average molecular weight is 275 g/mol. The van der Waals surface area contributed by atoms with Crippen LogP contribution >= 0.6 is 0 Å². The number of carbonyl (C=O) groups is 1. The molecule has 4 nitrogen and oxygen atoms in total. The van der Waals surface area contributed by atoms with Crippen molar-refractivity contribution >= 4 is 11.7 Å². The number of carbonyl (C=O) groups excluding carboxylic acids is 1. The van der Waals surface area contributed by atoms with Crippen LogP contribution in [0.15, 0.2) is 12.1 Å². The molecule has 0 saturated heterocycles. The zero-order valence-corrected chi connectivity index (χ0v) is 12.5. The second-order valence-corrected chi connectivity index (χ2v) is 5.52. The van der Waals surface area contributed by atoms with E-state index in [-0.39, 0.29) is 5.91 Å². The van der Waals surface area contributed by atoms with E-state index in [4.69, 9.17) is 0 Å². The normalized spacial score (nSPS) is 14.7. The lowest BCUT2D eigenvalue weighted by atomic mass is 9.85. The Kier molecular flexibility index (Phi) is 5.39. The third-order valence-corrected chi connectivity index (χ3v) is 3.78. The van der Waals surface area contributed by atoms with Crippen molar-refractivity contribution in [3.8, 4) is 0 Å². The summed E-state index contributed by atoms with van der Waals surface area (Å²) in [6.45, 7) is 5.77. The fourth-order valence-electron chi connectivity index (χ4n) is 2.41. The van der Waals surface area contributed by atoms with Gasteiger partial charge < -0.3 is 10.6 Å². The van der Waals surface area contributed by atoms with Crippen LogP contribution in [0.25, 0.3) is 0 Å². The Morgan fingerprint density at radius 2 is 2.15 bits per heavy atom. The number of amides is 1. The summed E-state index contributed by atoms with van der Waals surface area (Å²) < 4.78 is 0. The quantitative estimate of drug-likeness (QED) is 0.804. The van der Waals surface area contributed by atoms with Crippen LogP contribution in [0, 0.1) is 5.92 Å². The molecular formula is C16H25N3O. The van der Waals surface area contributed by atoms with Gasteiger partial charge in [0.15, 0.2) is 0 Å². The molecular weight excluding hydrogens is 250 g/mol. The lowest BCUT2D eigenvalue weighted by Crippen LogP contribution is -2.32. The van der Waals surface area contributed by atoms with Gasteiger partial charge in [-0.15, -0.1) is 0 Å². The highest BCUT2D eigenvalue weighted by atomic mass is 16.1. The highest BCUT2D eigenvalue weighted by Crippen LogP contribution is 2.25. The van der Waals surface area contributed by atoms with E-state index >= 15 is 0 Å². The predicted octanol–water partition coefficient (Wildman–Crippen LogP) is 3.00. The number of hydrogen-bond donors (Lipinski definition) is 2. The molecule has 1 aromatic rings. The summed E-state index contributed by atoms with van der Waals surface area (Å²) in [6, 6.07) is 3.76. The number of aryl methyl sites for hydroxylation is 1. The van der Waals surface area contributed by atoms with Crippen molar-refractivity contribution in [3.05, 3.63) is 23.4 Å². The van der Waals surface area contributed by atoms with Crippen molar-refractivity contribution < 1.29 is 4.79 Å². The lowest BCUT2D eigenvalue weighted by Gasteiger charge is -2.25. The Morgan fingerprint density at radius 1 is 1.35 bits per heavy atom. The van der Waals surface area contributed by atoms with Crippen molar-refractivity contribution in [2.24, 2.45) is 5.92 Å². The number of nitrogens with one attached hydrogen (secondary N) is 2. The zero-order chi connectivity index (χ0) is 14.4. The van der Waals surface area contributed by atoms with Crippen LogP contribution in [0.1, 0.15) is 55.6 Å². The standard InChI is InChI=1S/C16H25N3O/c1-3-6-14-9-13(10-15(19-14)17-4-2)16(20)18-11-12-7-5-8-12/h9-10,12H,3-8,11H2,1-2H3,(H,17,19)(H,18,20). The summed E-state index contributed by atoms with van der Waals surface area (Å²) >= 11 is 0. The van der Waals surface area contributed by atoms with Gasteiger partial charge in [-0.2, -0.15) is 0 Å². The number of nitrogens with zero attached hydrogens (tertiary/aromatic N) is 1. The molecule has 1 amide bonds. The topological polar surface area (TPSA) is 54.0 Å². The number of aromatic nitrogens is 1. The largest absolute Gasteiger partial charge is 0.370 e. The summed E-state index contributed by atoms with van der Waals surface area (Å²) in [5.74, 6) is 1.51. The molecule has 1 heterocycles. The molecule has 2 rings (SSSR count). The molecule has 1 aromatic heterocycles. The van der Waals surface area contributed by atoms with Crippen LogP contribution < -0.4 is 10.6 Å². The van der Waals surface area contributed by atoms with E-state index in [0.29, 0.717) is 5.92 Å². The fourth-order valence-corrected chi connectivity index (χ4v) is 2.41. The molecule has 2 N–H and O–H groups in total. The molecule has 0 bridgehead atoms. The Balaban J connectivity index is 2.04. The van der Waals surface area contributed by atoms with E-state index in [1.807, 2.05) is 19.1 Å². The molecule has 0 unspecified atom stereocenters. The Bertz CT molecular complexity index is 431. The number of rotatable bonds is 7. The van der Waals surface area contributed by atoms with Gasteiger partial charge in [-0.25, -0.2) is 4.98 Å². The second-order valence-electron chi connectivity index (χ2n) is 5.52. The van der Waals surface area contributed by atoms with E-state index in [1.54, 1.807) is 0 Å². The van der Waals surface area contributed by atoms with E-state index in [0.717, 1.165) is 43.0 Å². The summed E-state index contributed by atoms with van der Waals surface area (Å²) in [5, 5.41) is 6.24. The molecule has 20 heavy (non-hydrogen) atoms. The third kappa shape index (κ3) is 3.95. The monoisotopic (exact) mass is 275 g/mol. The van der Waals surface area contributed by atoms with Crippen LogP contribution in [0.4, 0.5) is 5.82 Å². The van der Waals surface area contributed by atoms with Gasteiger partial charge in [-0.05, 0) is 44.2 Å². The van der Waals surface area contributed by atoms with Gasteiger partial charge in [0.05, 0.1) is 0 Å². The summed E-state index contributed by atoms with van der Waals surface area (Å²) in [6.07, 6.45) is 5.75. The first kappa shape index (κ1) is 14.8. The number of anilines is 1. The van der Waals surface area contributed by atoms with Crippen LogP contribution in [-0.4, -0.2) is 24.0 Å². The zero-order valence-electron chi connectivity index (χ0n) is 12.5. The van der Waals surface area contributed by atoms with Crippen LogP contribution in [-0.2, 0) is 6.42 Å². The van der Waals surface area contributed by atoms with Crippen molar-refractivity contribution in [2.75, 3.05) is 18.4 Å². The molecule has 0 radical (unpaired) electrons. The summed E-state index contributed by atoms with van der Waals surface area (Å²) in [5.41, 5.74) is 1.71. The minimum absolute atomic E-state index is 0.0239. The maximum Gasteiger partial charge on any atom is 0.251 e. The average Bonchev–Trinajstić information content (AvgIpc) is 2.37. The number of hydrogen-bond acceptors (Lipinski definition) is 3. The molecule has 0 spiro atoms. The first-order chi connectivity index (χ1) is 9.72. The van der Waals surface area contributed by atoms with Crippen LogP contribution in [0.3, 0.4) is 0 Å². The van der Waals surface area contributed by atoms with Crippen molar-refractivity contribution in [3.63, 3.8) is 0 Å². The Hall–Kier alpha value is -1.58. The third-order valence-electron chi connectivity index (χ3n) is 3.78. The molecule has 0 atom stereocenters. The minimum atomic E-state index is 0.0239. The molecule has 0 aliphatic heterocycles. The highest BCUT2D eigenvalue weighted by molar-refractivity contribution is 5.95. The van der Waals surface area contributed by atoms with E-state index in [1.165, 1.54) is 19.3 Å². The van der Waals surface area contributed by atoms with E-state index in [2.05, 4.69) is 22.5 Å². The van der Waals surface area contributed by atoms with E-state index < -0.39 is 0 Å². The fraction of sp³-hybridized carbons (Fsp3) is 0.625. The van der Waals surface area contributed by atoms with Gasteiger partial charge in [0.25, 0.3) is 5.91 Å². The molecule has 1 aliphatic carbocycles. The first-order valence-corrected chi connectivity index (χ1v) is 7.76. The van der Waals surface area contributed by atoms with Crippen molar-refractivity contribution in [1.82, 2.24) is 10.3 Å². The van der Waals surface area contributed by atoms with Crippen molar-refractivity contribution in [1.29, 1.82) is 0 Å². The van der Waals surface area contributed by atoms with Gasteiger partial charge in [-0.3, -0.25) is 4.79 Å². The van der Waals surface area contributed by atoms with Gasteiger partial charge in [0.2, 0.25) is 0 Å².